The third kappa shape index (κ3) is 3.24. The molecule has 2 aromatic heterocycles. The summed E-state index contributed by atoms with van der Waals surface area (Å²) in [5.74, 6) is 0. The van der Waals surface area contributed by atoms with Gasteiger partial charge in [0.05, 0.1) is 11.0 Å². The van der Waals surface area contributed by atoms with Gasteiger partial charge in [0, 0.05) is 4.88 Å². The van der Waals surface area contributed by atoms with E-state index in [9.17, 15) is 0 Å². The van der Waals surface area contributed by atoms with Gasteiger partial charge in [0.2, 0.25) is 0 Å². The summed E-state index contributed by atoms with van der Waals surface area (Å²) < 4.78 is 2.14. The average Bonchev–Trinajstić information content (AvgIpc) is 3.16. The van der Waals surface area contributed by atoms with E-state index in [-0.39, 0.29) is 0 Å². The van der Waals surface area contributed by atoms with Crippen molar-refractivity contribution in [3.63, 3.8) is 0 Å². The van der Waals surface area contributed by atoms with E-state index in [1.54, 1.807) is 11.3 Å². The molecule has 3 heteroatoms. The first-order valence-corrected chi connectivity index (χ1v) is 8.31. The van der Waals surface area contributed by atoms with Gasteiger partial charge in [0.15, 0.2) is 0 Å². The van der Waals surface area contributed by atoms with Crippen LogP contribution in [0.2, 0.25) is 0 Å². The molecule has 0 saturated carbocycles. The maximum absolute atomic E-state index is 4.43. The molecule has 0 unspecified atom stereocenters. The molecule has 0 spiro atoms. The average molecular weight is 298 g/mol. The van der Waals surface area contributed by atoms with Gasteiger partial charge in [0.25, 0.3) is 0 Å². The van der Waals surface area contributed by atoms with Crippen LogP contribution in [0.15, 0.2) is 49.3 Å². The number of imidazole rings is 1. The van der Waals surface area contributed by atoms with E-state index in [4.69, 9.17) is 0 Å². The van der Waals surface area contributed by atoms with E-state index in [1.807, 2.05) is 38.4 Å². The van der Waals surface area contributed by atoms with Crippen LogP contribution < -0.4 is 0 Å². The summed E-state index contributed by atoms with van der Waals surface area (Å²) in [5.41, 5.74) is 3.41. The number of para-hydroxylation sites is 2. The highest BCUT2D eigenvalue weighted by atomic mass is 32.1. The molecule has 2 nitrogen and oxygen atoms in total. The van der Waals surface area contributed by atoms with Crippen LogP contribution in [0.4, 0.5) is 0 Å². The fraction of sp³-hybridized carbons (Fsp3) is 0.278. The molecule has 3 aromatic rings. The highest BCUT2D eigenvalue weighted by Gasteiger charge is 2.08. The second-order valence-electron chi connectivity index (χ2n) is 4.59. The lowest BCUT2D eigenvalue weighted by Crippen LogP contribution is -1.86. The normalized spacial score (nSPS) is 10.2. The van der Waals surface area contributed by atoms with E-state index >= 15 is 0 Å². The van der Waals surface area contributed by atoms with Gasteiger partial charge in [0.1, 0.15) is 11.3 Å². The molecule has 0 radical (unpaired) electrons. The Labute approximate surface area is 130 Å². The van der Waals surface area contributed by atoms with Crippen molar-refractivity contribution in [1.29, 1.82) is 0 Å². The molecule has 0 aliphatic heterocycles. The van der Waals surface area contributed by atoms with Crippen molar-refractivity contribution in [2.75, 3.05) is 0 Å². The number of aromatic nitrogens is 2. The van der Waals surface area contributed by atoms with Crippen molar-refractivity contribution in [2.45, 2.75) is 33.6 Å². The van der Waals surface area contributed by atoms with Crippen molar-refractivity contribution in [1.82, 2.24) is 9.55 Å². The zero-order valence-corrected chi connectivity index (χ0v) is 13.8. The standard InChI is InChI=1S/C16H16N2S.C2H6/c1-3-6-12(2)15-9-10-16(19-15)18-11-17-13-7-4-5-8-14(13)18;1-2/h4-5,7-11H,2-3,6H2,1H3;1-2H3. The van der Waals surface area contributed by atoms with Gasteiger partial charge in [-0.3, -0.25) is 4.57 Å². The lowest BCUT2D eigenvalue weighted by Gasteiger charge is -2.01. The molecule has 1 aromatic carbocycles. The summed E-state index contributed by atoms with van der Waals surface area (Å²) in [6.45, 7) is 10.3. The number of benzene rings is 1. The summed E-state index contributed by atoms with van der Waals surface area (Å²) >= 11 is 1.78. The number of allylic oxidation sites excluding steroid dienone is 1. The third-order valence-electron chi connectivity index (χ3n) is 3.18. The smallest absolute Gasteiger partial charge is 0.101 e. The summed E-state index contributed by atoms with van der Waals surface area (Å²) in [6.07, 6.45) is 4.09. The van der Waals surface area contributed by atoms with Crippen LogP contribution in [0.1, 0.15) is 38.5 Å². The van der Waals surface area contributed by atoms with Gasteiger partial charge in [-0.15, -0.1) is 11.3 Å². The van der Waals surface area contributed by atoms with Crippen LogP contribution in [-0.4, -0.2) is 9.55 Å². The van der Waals surface area contributed by atoms with E-state index < -0.39 is 0 Å². The van der Waals surface area contributed by atoms with Gasteiger partial charge >= 0.3 is 0 Å². The number of nitrogens with zero attached hydrogens (tertiary/aromatic N) is 2. The molecule has 3 rings (SSSR count). The SMILES string of the molecule is C=C(CCC)c1ccc(-n2cnc3ccccc32)s1.CC. The minimum absolute atomic E-state index is 1.03. The molecule has 0 saturated heterocycles. The summed E-state index contributed by atoms with van der Waals surface area (Å²) in [5, 5.41) is 1.20. The number of thiophene rings is 1. The summed E-state index contributed by atoms with van der Waals surface area (Å²) in [4.78, 5) is 5.71. The highest BCUT2D eigenvalue weighted by molar-refractivity contribution is 7.15. The zero-order chi connectivity index (χ0) is 15.2. The monoisotopic (exact) mass is 298 g/mol. The largest absolute Gasteiger partial charge is 0.290 e. The van der Waals surface area contributed by atoms with Crippen LogP contribution in [-0.2, 0) is 0 Å². The van der Waals surface area contributed by atoms with Crippen LogP contribution in [0, 0.1) is 0 Å². The van der Waals surface area contributed by atoms with Crippen LogP contribution in [0.25, 0.3) is 21.6 Å². The molecular formula is C18H22N2S. The Bertz CT molecular complexity index is 721. The van der Waals surface area contributed by atoms with Gasteiger partial charge in [-0.05, 0) is 36.3 Å². The Hall–Kier alpha value is -1.87. The van der Waals surface area contributed by atoms with Crippen LogP contribution in [0.5, 0.6) is 0 Å². The number of hydrogen-bond donors (Lipinski definition) is 0. The molecule has 0 bridgehead atoms. The number of hydrogen-bond acceptors (Lipinski definition) is 2. The minimum atomic E-state index is 1.03. The van der Waals surface area contributed by atoms with E-state index in [2.05, 4.69) is 41.3 Å². The lowest BCUT2D eigenvalue weighted by molar-refractivity contribution is 0.978. The van der Waals surface area contributed by atoms with Gasteiger partial charge < -0.3 is 0 Å². The lowest BCUT2D eigenvalue weighted by atomic mass is 10.1. The Balaban J connectivity index is 0.000000774. The van der Waals surface area contributed by atoms with E-state index in [1.165, 1.54) is 15.5 Å². The molecule has 0 fully saturated rings. The van der Waals surface area contributed by atoms with Gasteiger partial charge in [-0.2, -0.15) is 0 Å². The maximum atomic E-state index is 4.43. The molecule has 0 aliphatic rings. The van der Waals surface area contributed by atoms with Crippen molar-refractivity contribution in [3.05, 3.63) is 54.2 Å². The molecule has 0 atom stereocenters. The second kappa shape index (κ2) is 7.23. The molecule has 0 aliphatic carbocycles. The predicted octanol–water partition coefficient (Wildman–Crippen LogP) is 5.93. The van der Waals surface area contributed by atoms with Gasteiger partial charge in [-0.25, -0.2) is 4.98 Å². The number of rotatable bonds is 4. The molecule has 110 valence electrons. The first-order chi connectivity index (χ1) is 10.3. The number of fused-ring (bicyclic) bond motifs is 1. The summed E-state index contributed by atoms with van der Waals surface area (Å²) in [6, 6.07) is 12.5. The Morgan fingerprint density at radius 3 is 2.71 bits per heavy atom. The van der Waals surface area contributed by atoms with Crippen LogP contribution >= 0.6 is 11.3 Å². The Morgan fingerprint density at radius 1 is 1.19 bits per heavy atom. The van der Waals surface area contributed by atoms with Crippen molar-refractivity contribution < 1.29 is 0 Å². The van der Waals surface area contributed by atoms with E-state index in [0.29, 0.717) is 0 Å². The molecule has 21 heavy (non-hydrogen) atoms. The van der Waals surface area contributed by atoms with Gasteiger partial charge in [-0.1, -0.05) is 45.9 Å². The minimum Gasteiger partial charge on any atom is -0.290 e. The summed E-state index contributed by atoms with van der Waals surface area (Å²) in [7, 11) is 0. The first kappa shape index (κ1) is 15.5. The topological polar surface area (TPSA) is 17.8 Å². The molecule has 0 amide bonds. The first-order valence-electron chi connectivity index (χ1n) is 7.50. The Morgan fingerprint density at radius 2 is 1.95 bits per heavy atom. The molecule has 0 N–H and O–H groups in total. The predicted molar refractivity (Wildman–Crippen MR) is 94.2 cm³/mol. The fourth-order valence-corrected chi connectivity index (χ4v) is 3.19. The van der Waals surface area contributed by atoms with E-state index in [0.717, 1.165) is 23.9 Å². The van der Waals surface area contributed by atoms with Crippen molar-refractivity contribution >= 4 is 27.9 Å². The van der Waals surface area contributed by atoms with Crippen molar-refractivity contribution in [3.8, 4) is 5.00 Å². The quantitative estimate of drug-likeness (QED) is 0.584. The highest BCUT2D eigenvalue weighted by Crippen LogP contribution is 2.30. The zero-order valence-electron chi connectivity index (χ0n) is 13.0. The van der Waals surface area contributed by atoms with Crippen molar-refractivity contribution in [2.24, 2.45) is 0 Å². The molecular weight excluding hydrogens is 276 g/mol. The third-order valence-corrected chi connectivity index (χ3v) is 4.37. The molecule has 2 heterocycles. The van der Waals surface area contributed by atoms with Crippen LogP contribution in [0.3, 0.4) is 0 Å². The maximum Gasteiger partial charge on any atom is 0.101 e. The fourth-order valence-electron chi connectivity index (χ4n) is 2.21. The second-order valence-corrected chi connectivity index (χ2v) is 5.66. The Kier molecular flexibility index (Phi) is 5.34.